The molecule has 5 nitrogen and oxygen atoms in total. The zero-order chi connectivity index (χ0) is 16.1. The maximum atomic E-state index is 12.4. The molecule has 1 aromatic heterocycles. The summed E-state index contributed by atoms with van der Waals surface area (Å²) >= 11 is 1.42. The van der Waals surface area contributed by atoms with E-state index >= 15 is 0 Å². The Kier molecular flexibility index (Phi) is 6.06. The molecule has 1 aromatic rings. The first kappa shape index (κ1) is 17.1. The Morgan fingerprint density at radius 3 is 2.82 bits per heavy atom. The number of aryl methyl sites for hydroxylation is 1. The van der Waals surface area contributed by atoms with Gasteiger partial charge in [0.1, 0.15) is 0 Å². The minimum absolute atomic E-state index is 0.0637. The minimum Gasteiger partial charge on any atom is -0.352 e. The van der Waals surface area contributed by atoms with Crippen molar-refractivity contribution < 1.29 is 4.79 Å². The zero-order valence-electron chi connectivity index (χ0n) is 13.6. The summed E-state index contributed by atoms with van der Waals surface area (Å²) in [5.41, 5.74) is 0.716. The standard InChI is InChI=1S/C16H25N3O2S/c1-4-6-7-13(15(21)17-12-8-9-12)22-16-18-11(5-2)10-14(20)19(16)3/h10,12-13H,4-9H2,1-3H3,(H,17,21). The van der Waals surface area contributed by atoms with Crippen molar-refractivity contribution in [2.75, 3.05) is 0 Å². The molecule has 0 bridgehead atoms. The Hall–Kier alpha value is -1.30. The highest BCUT2D eigenvalue weighted by Gasteiger charge is 2.28. The summed E-state index contributed by atoms with van der Waals surface area (Å²) in [6.45, 7) is 4.09. The second-order valence-corrected chi connectivity index (χ2v) is 6.98. The van der Waals surface area contributed by atoms with Gasteiger partial charge in [0.05, 0.1) is 5.25 Å². The van der Waals surface area contributed by atoms with Crippen LogP contribution >= 0.6 is 11.8 Å². The Morgan fingerprint density at radius 2 is 2.23 bits per heavy atom. The van der Waals surface area contributed by atoms with Gasteiger partial charge in [-0.2, -0.15) is 0 Å². The quantitative estimate of drug-likeness (QED) is 0.589. The first-order chi connectivity index (χ1) is 10.5. The third-order valence-corrected chi connectivity index (χ3v) is 5.10. The fraction of sp³-hybridized carbons (Fsp3) is 0.688. The summed E-state index contributed by atoms with van der Waals surface area (Å²) in [6.07, 6.45) is 5.74. The smallest absolute Gasteiger partial charge is 0.254 e. The molecule has 2 rings (SSSR count). The number of rotatable bonds is 8. The third-order valence-electron chi connectivity index (χ3n) is 3.79. The molecule has 1 atom stereocenters. The lowest BCUT2D eigenvalue weighted by Gasteiger charge is -2.17. The highest BCUT2D eigenvalue weighted by Crippen LogP contribution is 2.27. The number of nitrogens with one attached hydrogen (secondary N) is 1. The second kappa shape index (κ2) is 7.81. The molecule has 0 aliphatic heterocycles. The van der Waals surface area contributed by atoms with Crippen LogP contribution in [0, 0.1) is 0 Å². The zero-order valence-corrected chi connectivity index (χ0v) is 14.4. The van der Waals surface area contributed by atoms with E-state index in [2.05, 4.69) is 17.2 Å². The molecule has 6 heteroatoms. The number of thioether (sulfide) groups is 1. The van der Waals surface area contributed by atoms with Crippen LogP contribution in [-0.4, -0.2) is 26.8 Å². The highest BCUT2D eigenvalue weighted by molar-refractivity contribution is 8.00. The molecule has 122 valence electrons. The van der Waals surface area contributed by atoms with Gasteiger partial charge in [-0.05, 0) is 25.7 Å². The number of unbranched alkanes of at least 4 members (excludes halogenated alkanes) is 1. The summed E-state index contributed by atoms with van der Waals surface area (Å²) in [4.78, 5) is 28.9. The number of aromatic nitrogens is 2. The van der Waals surface area contributed by atoms with Crippen LogP contribution in [0.4, 0.5) is 0 Å². The van der Waals surface area contributed by atoms with Crippen molar-refractivity contribution in [1.29, 1.82) is 0 Å². The van der Waals surface area contributed by atoms with Crippen LogP contribution in [0.25, 0.3) is 0 Å². The van der Waals surface area contributed by atoms with E-state index in [1.54, 1.807) is 13.1 Å². The van der Waals surface area contributed by atoms with Crippen molar-refractivity contribution in [3.63, 3.8) is 0 Å². The van der Waals surface area contributed by atoms with Crippen LogP contribution in [0.2, 0.25) is 0 Å². The van der Waals surface area contributed by atoms with Gasteiger partial charge in [0.25, 0.3) is 5.56 Å². The Morgan fingerprint density at radius 1 is 1.50 bits per heavy atom. The van der Waals surface area contributed by atoms with Gasteiger partial charge < -0.3 is 5.32 Å². The third kappa shape index (κ3) is 4.60. The number of carbonyl (C=O) groups is 1. The Balaban J connectivity index is 2.15. The fourth-order valence-electron chi connectivity index (χ4n) is 2.13. The monoisotopic (exact) mass is 323 g/mol. The van der Waals surface area contributed by atoms with Gasteiger partial charge in [-0.3, -0.25) is 14.2 Å². The number of hydrogen-bond donors (Lipinski definition) is 1. The van der Waals surface area contributed by atoms with Gasteiger partial charge in [0, 0.05) is 24.8 Å². The van der Waals surface area contributed by atoms with E-state index < -0.39 is 0 Å². The molecule has 1 amide bonds. The normalized spacial score (nSPS) is 15.6. The number of hydrogen-bond acceptors (Lipinski definition) is 4. The number of nitrogens with zero attached hydrogens (tertiary/aromatic N) is 2. The fourth-order valence-corrected chi connectivity index (χ4v) is 3.26. The van der Waals surface area contributed by atoms with E-state index in [4.69, 9.17) is 0 Å². The van der Waals surface area contributed by atoms with Gasteiger partial charge in [-0.1, -0.05) is 38.5 Å². The molecule has 0 saturated heterocycles. The van der Waals surface area contributed by atoms with Crippen LogP contribution in [-0.2, 0) is 18.3 Å². The lowest BCUT2D eigenvalue weighted by atomic mass is 10.2. The van der Waals surface area contributed by atoms with Crippen LogP contribution in [0.1, 0.15) is 51.6 Å². The highest BCUT2D eigenvalue weighted by atomic mass is 32.2. The predicted molar refractivity (Wildman–Crippen MR) is 89.2 cm³/mol. The molecule has 1 fully saturated rings. The molecule has 1 aliphatic carbocycles. The van der Waals surface area contributed by atoms with Gasteiger partial charge in [0.2, 0.25) is 5.91 Å². The Labute approximate surface area is 135 Å². The molecule has 1 aliphatic rings. The van der Waals surface area contributed by atoms with Crippen molar-refractivity contribution >= 4 is 17.7 Å². The number of amides is 1. The molecular formula is C16H25N3O2S. The van der Waals surface area contributed by atoms with E-state index in [-0.39, 0.29) is 16.7 Å². The average Bonchev–Trinajstić information content (AvgIpc) is 3.31. The Bertz CT molecular complexity index is 581. The van der Waals surface area contributed by atoms with Crippen molar-refractivity contribution in [3.8, 4) is 0 Å². The summed E-state index contributed by atoms with van der Waals surface area (Å²) in [5.74, 6) is 0.0806. The topological polar surface area (TPSA) is 64.0 Å². The van der Waals surface area contributed by atoms with Crippen molar-refractivity contribution in [2.24, 2.45) is 7.05 Å². The first-order valence-electron chi connectivity index (χ1n) is 8.09. The molecule has 1 unspecified atom stereocenters. The molecular weight excluding hydrogens is 298 g/mol. The van der Waals surface area contributed by atoms with Crippen LogP contribution in [0.3, 0.4) is 0 Å². The van der Waals surface area contributed by atoms with Gasteiger partial charge >= 0.3 is 0 Å². The van der Waals surface area contributed by atoms with Crippen LogP contribution in [0.15, 0.2) is 16.0 Å². The molecule has 1 saturated carbocycles. The summed E-state index contributed by atoms with van der Waals surface area (Å²) < 4.78 is 1.53. The molecule has 1 N–H and O–H groups in total. The lowest BCUT2D eigenvalue weighted by Crippen LogP contribution is -2.35. The summed E-state index contributed by atoms with van der Waals surface area (Å²) in [7, 11) is 1.72. The largest absolute Gasteiger partial charge is 0.352 e. The predicted octanol–water partition coefficient (Wildman–Crippen LogP) is 2.27. The van der Waals surface area contributed by atoms with E-state index in [1.165, 1.54) is 16.3 Å². The summed E-state index contributed by atoms with van der Waals surface area (Å²) in [6, 6.07) is 1.92. The molecule has 0 spiro atoms. The van der Waals surface area contributed by atoms with E-state index in [0.717, 1.165) is 44.2 Å². The SMILES string of the molecule is CCCCC(Sc1nc(CC)cc(=O)n1C)C(=O)NC1CC1. The van der Waals surface area contributed by atoms with E-state index in [9.17, 15) is 9.59 Å². The molecule has 1 heterocycles. The van der Waals surface area contributed by atoms with Crippen molar-refractivity contribution in [1.82, 2.24) is 14.9 Å². The second-order valence-electron chi connectivity index (χ2n) is 5.81. The van der Waals surface area contributed by atoms with Gasteiger partial charge in [-0.25, -0.2) is 4.98 Å². The lowest BCUT2D eigenvalue weighted by molar-refractivity contribution is -0.120. The maximum absolute atomic E-state index is 12.4. The molecule has 22 heavy (non-hydrogen) atoms. The van der Waals surface area contributed by atoms with Crippen molar-refractivity contribution in [3.05, 3.63) is 22.1 Å². The van der Waals surface area contributed by atoms with Gasteiger partial charge in [0.15, 0.2) is 5.16 Å². The van der Waals surface area contributed by atoms with E-state index in [1.807, 2.05) is 6.92 Å². The van der Waals surface area contributed by atoms with Gasteiger partial charge in [-0.15, -0.1) is 0 Å². The molecule has 0 radical (unpaired) electrons. The molecule has 0 aromatic carbocycles. The van der Waals surface area contributed by atoms with Crippen LogP contribution in [0.5, 0.6) is 0 Å². The average molecular weight is 323 g/mol. The number of carbonyl (C=O) groups excluding carboxylic acids is 1. The first-order valence-corrected chi connectivity index (χ1v) is 8.97. The minimum atomic E-state index is -0.175. The van der Waals surface area contributed by atoms with Crippen molar-refractivity contribution in [2.45, 2.75) is 68.8 Å². The van der Waals surface area contributed by atoms with E-state index in [0.29, 0.717) is 11.2 Å². The van der Waals surface area contributed by atoms with Crippen LogP contribution < -0.4 is 10.9 Å². The summed E-state index contributed by atoms with van der Waals surface area (Å²) in [5, 5.41) is 3.53. The maximum Gasteiger partial charge on any atom is 0.254 e.